The number of rotatable bonds is 4. The smallest absolute Gasteiger partial charge is 0.0402 e. The molecule has 3 rings (SSSR count). The zero-order valence-electron chi connectivity index (χ0n) is 11.4. The van der Waals surface area contributed by atoms with Crippen molar-refractivity contribution in [3.63, 3.8) is 0 Å². The van der Waals surface area contributed by atoms with Gasteiger partial charge in [0, 0.05) is 18.8 Å². The van der Waals surface area contributed by atoms with Gasteiger partial charge in [0.05, 0.1) is 0 Å². The molecule has 0 aromatic heterocycles. The minimum absolute atomic E-state index is 0.489. The average Bonchev–Trinajstić information content (AvgIpc) is 2.76. The summed E-state index contributed by atoms with van der Waals surface area (Å²) in [5, 5.41) is 0. The third-order valence-electron chi connectivity index (χ3n) is 4.75. The van der Waals surface area contributed by atoms with Gasteiger partial charge < -0.3 is 10.6 Å². The Labute approximate surface area is 110 Å². The van der Waals surface area contributed by atoms with Gasteiger partial charge in [-0.15, -0.1) is 0 Å². The first-order valence-electron chi connectivity index (χ1n) is 7.36. The Balaban J connectivity index is 1.82. The maximum Gasteiger partial charge on any atom is 0.0402 e. The molecule has 98 valence electrons. The Morgan fingerprint density at radius 2 is 2.22 bits per heavy atom. The molecule has 2 N–H and O–H groups in total. The topological polar surface area (TPSA) is 29.3 Å². The second-order valence-electron chi connectivity index (χ2n) is 5.97. The van der Waals surface area contributed by atoms with Gasteiger partial charge >= 0.3 is 0 Å². The Hall–Kier alpha value is -1.02. The largest absolute Gasteiger partial charge is 0.371 e. The highest BCUT2D eigenvalue weighted by Crippen LogP contribution is 2.36. The van der Waals surface area contributed by atoms with Gasteiger partial charge in [0.15, 0.2) is 0 Å². The summed E-state index contributed by atoms with van der Waals surface area (Å²) in [5.41, 5.74) is 10.4. The number of nitrogens with two attached hydrogens (primary N) is 1. The molecule has 0 saturated heterocycles. The molecule has 1 atom stereocenters. The molecule has 1 fully saturated rings. The third kappa shape index (κ3) is 2.03. The van der Waals surface area contributed by atoms with Crippen molar-refractivity contribution in [1.29, 1.82) is 0 Å². The number of fused-ring (bicyclic) bond motifs is 1. The fraction of sp³-hybridized carbons (Fsp3) is 0.625. The van der Waals surface area contributed by atoms with Crippen molar-refractivity contribution in [2.45, 2.75) is 38.5 Å². The highest BCUT2D eigenvalue weighted by molar-refractivity contribution is 5.61. The Bertz CT molecular complexity index is 423. The number of hydrogen-bond acceptors (Lipinski definition) is 2. The molecule has 1 aliphatic carbocycles. The van der Waals surface area contributed by atoms with E-state index in [-0.39, 0.29) is 0 Å². The highest BCUT2D eigenvalue weighted by Gasteiger charge is 2.27. The van der Waals surface area contributed by atoms with Gasteiger partial charge in [-0.1, -0.05) is 25.5 Å². The van der Waals surface area contributed by atoms with E-state index in [4.69, 9.17) is 5.73 Å². The van der Waals surface area contributed by atoms with Gasteiger partial charge in [-0.3, -0.25) is 0 Å². The van der Waals surface area contributed by atoms with E-state index in [9.17, 15) is 0 Å². The summed E-state index contributed by atoms with van der Waals surface area (Å²) in [4.78, 5) is 2.60. The van der Waals surface area contributed by atoms with E-state index in [1.54, 1.807) is 5.56 Å². The lowest BCUT2D eigenvalue weighted by Crippen LogP contribution is -2.31. The molecule has 1 aromatic carbocycles. The van der Waals surface area contributed by atoms with Crippen LogP contribution in [0, 0.1) is 5.92 Å². The van der Waals surface area contributed by atoms with Gasteiger partial charge in [-0.2, -0.15) is 0 Å². The van der Waals surface area contributed by atoms with Crippen molar-refractivity contribution in [1.82, 2.24) is 0 Å². The average molecular weight is 244 g/mol. The van der Waals surface area contributed by atoms with Crippen LogP contribution in [0.1, 0.15) is 43.2 Å². The van der Waals surface area contributed by atoms with Crippen LogP contribution in [0.15, 0.2) is 18.2 Å². The van der Waals surface area contributed by atoms with Gasteiger partial charge in [0.25, 0.3) is 0 Å². The number of hydrogen-bond donors (Lipinski definition) is 1. The summed E-state index contributed by atoms with van der Waals surface area (Å²) in [6, 6.07) is 6.77. The minimum atomic E-state index is 0.489. The number of nitrogens with zero attached hydrogens (tertiary/aromatic N) is 1. The first-order chi connectivity index (χ1) is 8.79. The van der Waals surface area contributed by atoms with Crippen LogP contribution in [-0.4, -0.2) is 19.6 Å². The molecule has 18 heavy (non-hydrogen) atoms. The lowest BCUT2D eigenvalue weighted by molar-refractivity contribution is 0.319. The zero-order valence-corrected chi connectivity index (χ0v) is 11.4. The first-order valence-corrected chi connectivity index (χ1v) is 7.36. The molecule has 2 nitrogen and oxygen atoms in total. The molecule has 0 amide bonds. The van der Waals surface area contributed by atoms with Crippen LogP contribution < -0.4 is 10.6 Å². The molecule has 1 aliphatic heterocycles. The van der Waals surface area contributed by atoms with E-state index >= 15 is 0 Å². The summed E-state index contributed by atoms with van der Waals surface area (Å²) in [6.07, 6.45) is 5.52. The van der Waals surface area contributed by atoms with E-state index in [2.05, 4.69) is 30.0 Å². The van der Waals surface area contributed by atoms with Gasteiger partial charge in [0.1, 0.15) is 0 Å². The number of anilines is 1. The van der Waals surface area contributed by atoms with Gasteiger partial charge in [-0.05, 0) is 54.8 Å². The Morgan fingerprint density at radius 1 is 1.39 bits per heavy atom. The molecule has 0 radical (unpaired) electrons. The molecule has 1 unspecified atom stereocenters. The van der Waals surface area contributed by atoms with Gasteiger partial charge in [0.2, 0.25) is 0 Å². The SMILES string of the molecule is CC(CN)c1cccc2c1CCN2CC1CCC1. The van der Waals surface area contributed by atoms with Crippen LogP contribution in [-0.2, 0) is 6.42 Å². The summed E-state index contributed by atoms with van der Waals surface area (Å²) in [6.45, 7) is 5.47. The fourth-order valence-corrected chi connectivity index (χ4v) is 3.29. The second kappa shape index (κ2) is 4.93. The normalized spacial score (nSPS) is 20.7. The van der Waals surface area contributed by atoms with Crippen LogP contribution >= 0.6 is 0 Å². The quantitative estimate of drug-likeness (QED) is 0.882. The maximum absolute atomic E-state index is 5.83. The van der Waals surface area contributed by atoms with Crippen molar-refractivity contribution in [2.75, 3.05) is 24.5 Å². The van der Waals surface area contributed by atoms with E-state index < -0.39 is 0 Å². The van der Waals surface area contributed by atoms with Crippen molar-refractivity contribution in [2.24, 2.45) is 11.7 Å². The van der Waals surface area contributed by atoms with E-state index in [0.717, 1.165) is 12.5 Å². The second-order valence-corrected chi connectivity index (χ2v) is 5.97. The standard InChI is InChI=1S/C16H24N2/c1-12(10-17)14-6-3-7-16-15(14)8-9-18(16)11-13-4-2-5-13/h3,6-7,12-13H,2,4-5,8-11,17H2,1H3. The zero-order chi connectivity index (χ0) is 12.5. The van der Waals surface area contributed by atoms with Crippen molar-refractivity contribution in [3.8, 4) is 0 Å². The maximum atomic E-state index is 5.83. The Kier molecular flexibility index (Phi) is 3.29. The lowest BCUT2D eigenvalue weighted by Gasteiger charge is -2.31. The Morgan fingerprint density at radius 3 is 2.89 bits per heavy atom. The molecule has 0 bridgehead atoms. The predicted octanol–water partition coefficient (Wildman–Crippen LogP) is 2.91. The van der Waals surface area contributed by atoms with Crippen LogP contribution in [0.4, 0.5) is 5.69 Å². The highest BCUT2D eigenvalue weighted by atomic mass is 15.1. The first kappa shape index (κ1) is 12.0. The summed E-state index contributed by atoms with van der Waals surface area (Å²) >= 11 is 0. The van der Waals surface area contributed by atoms with Crippen molar-refractivity contribution < 1.29 is 0 Å². The van der Waals surface area contributed by atoms with Crippen LogP contribution in [0.25, 0.3) is 0 Å². The van der Waals surface area contributed by atoms with Crippen LogP contribution in [0.2, 0.25) is 0 Å². The molecular weight excluding hydrogens is 220 g/mol. The van der Waals surface area contributed by atoms with E-state index in [1.807, 2.05) is 0 Å². The molecule has 1 aromatic rings. The molecule has 1 heterocycles. The molecule has 0 spiro atoms. The van der Waals surface area contributed by atoms with Crippen molar-refractivity contribution >= 4 is 5.69 Å². The number of benzene rings is 1. The van der Waals surface area contributed by atoms with Gasteiger partial charge in [-0.25, -0.2) is 0 Å². The summed E-state index contributed by atoms with van der Waals surface area (Å²) in [5.74, 6) is 1.44. The predicted molar refractivity (Wildman–Crippen MR) is 77.2 cm³/mol. The van der Waals surface area contributed by atoms with E-state index in [0.29, 0.717) is 5.92 Å². The molecular formula is C16H24N2. The van der Waals surface area contributed by atoms with E-state index in [1.165, 1.54) is 50.0 Å². The van der Waals surface area contributed by atoms with Crippen molar-refractivity contribution in [3.05, 3.63) is 29.3 Å². The monoisotopic (exact) mass is 244 g/mol. The summed E-state index contributed by atoms with van der Waals surface area (Å²) < 4.78 is 0. The van der Waals surface area contributed by atoms with Crippen LogP contribution in [0.5, 0.6) is 0 Å². The minimum Gasteiger partial charge on any atom is -0.371 e. The van der Waals surface area contributed by atoms with Crippen LogP contribution in [0.3, 0.4) is 0 Å². The molecule has 2 heteroatoms. The molecule has 2 aliphatic rings. The molecule has 1 saturated carbocycles. The summed E-state index contributed by atoms with van der Waals surface area (Å²) in [7, 11) is 0. The lowest BCUT2D eigenvalue weighted by atomic mass is 9.85. The fourth-order valence-electron chi connectivity index (χ4n) is 3.29. The third-order valence-corrected chi connectivity index (χ3v) is 4.75.